The molecule has 3 rings (SSSR count). The molecule has 0 bridgehead atoms. The lowest BCUT2D eigenvalue weighted by atomic mass is 10.1. The summed E-state index contributed by atoms with van der Waals surface area (Å²) in [6.45, 7) is 8.07. The van der Waals surface area contributed by atoms with Crippen LogP contribution < -0.4 is 10.9 Å². The maximum absolute atomic E-state index is 12.2. The van der Waals surface area contributed by atoms with Crippen molar-refractivity contribution in [1.82, 2.24) is 15.0 Å². The van der Waals surface area contributed by atoms with Crippen LogP contribution in [0.4, 0.5) is 5.95 Å². The van der Waals surface area contributed by atoms with Crippen LogP contribution in [0.15, 0.2) is 29.1 Å². The number of hydrogen-bond donors (Lipinski definition) is 2. The summed E-state index contributed by atoms with van der Waals surface area (Å²) in [5, 5.41) is 3.97. The lowest BCUT2D eigenvalue weighted by Crippen LogP contribution is -2.28. The summed E-state index contributed by atoms with van der Waals surface area (Å²) < 4.78 is 0.551. The predicted octanol–water partition coefficient (Wildman–Crippen LogP) is 3.57. The minimum Gasteiger partial charge on any atom is -0.351 e. The van der Waals surface area contributed by atoms with Crippen molar-refractivity contribution in [1.29, 1.82) is 0 Å². The monoisotopic (exact) mass is 314 g/mol. The molecule has 5 nitrogen and oxygen atoms in total. The maximum Gasteiger partial charge on any atom is 0.272 e. The van der Waals surface area contributed by atoms with Crippen LogP contribution in [-0.4, -0.2) is 20.5 Å². The van der Waals surface area contributed by atoms with Gasteiger partial charge in [0.1, 0.15) is 9.71 Å². The lowest BCUT2D eigenvalue weighted by molar-refractivity contribution is 0.626. The number of thiazole rings is 1. The molecule has 22 heavy (non-hydrogen) atoms. The molecule has 0 amide bonds. The van der Waals surface area contributed by atoms with Gasteiger partial charge in [0.05, 0.1) is 0 Å². The van der Waals surface area contributed by atoms with Crippen molar-refractivity contribution in [3.05, 3.63) is 40.2 Å². The second-order valence-electron chi connectivity index (χ2n) is 6.33. The molecular weight excluding hydrogens is 296 g/mol. The highest BCUT2D eigenvalue weighted by molar-refractivity contribution is 7.21. The van der Waals surface area contributed by atoms with Gasteiger partial charge in [-0.15, -0.1) is 11.3 Å². The lowest BCUT2D eigenvalue weighted by Gasteiger charge is -2.20. The first-order valence-corrected chi connectivity index (χ1v) is 7.89. The number of nitrogens with one attached hydrogen (secondary N) is 2. The number of hydrogen-bond acceptors (Lipinski definition) is 5. The normalized spacial score (nSPS) is 11.8. The van der Waals surface area contributed by atoms with Crippen LogP contribution in [0.25, 0.3) is 20.9 Å². The minimum atomic E-state index is -0.181. The van der Waals surface area contributed by atoms with Crippen LogP contribution >= 0.6 is 11.3 Å². The van der Waals surface area contributed by atoms with Gasteiger partial charge in [0.15, 0.2) is 5.65 Å². The van der Waals surface area contributed by atoms with Crippen molar-refractivity contribution < 1.29 is 0 Å². The summed E-state index contributed by atoms with van der Waals surface area (Å²) in [4.78, 5) is 23.9. The van der Waals surface area contributed by atoms with Crippen molar-refractivity contribution in [3.8, 4) is 10.6 Å². The Hall–Kier alpha value is -2.21. The van der Waals surface area contributed by atoms with E-state index in [4.69, 9.17) is 0 Å². The van der Waals surface area contributed by atoms with Crippen LogP contribution in [0.5, 0.6) is 0 Å². The molecule has 3 aromatic rings. The fraction of sp³-hybridized carbons (Fsp3) is 0.312. The fourth-order valence-electron chi connectivity index (χ4n) is 2.07. The van der Waals surface area contributed by atoms with Crippen LogP contribution in [0, 0.1) is 6.92 Å². The summed E-state index contributed by atoms with van der Waals surface area (Å²) in [5.74, 6) is 0.450. The Bertz CT molecular complexity index is 872. The Kier molecular flexibility index (Phi) is 3.48. The number of aromatic amines is 1. The molecule has 0 unspecified atom stereocenters. The molecule has 2 heterocycles. The molecule has 0 spiro atoms. The molecule has 0 saturated heterocycles. The quantitative estimate of drug-likeness (QED) is 0.758. The first-order chi connectivity index (χ1) is 10.3. The van der Waals surface area contributed by atoms with Gasteiger partial charge in [-0.25, -0.2) is 4.98 Å². The van der Waals surface area contributed by atoms with Crippen LogP contribution in [0.1, 0.15) is 26.3 Å². The summed E-state index contributed by atoms with van der Waals surface area (Å²) >= 11 is 1.36. The third-order valence-electron chi connectivity index (χ3n) is 3.06. The number of anilines is 1. The zero-order chi connectivity index (χ0) is 15.9. The molecule has 0 aliphatic carbocycles. The van der Waals surface area contributed by atoms with Gasteiger partial charge in [-0.05, 0) is 27.7 Å². The van der Waals surface area contributed by atoms with Crippen LogP contribution in [0.3, 0.4) is 0 Å². The number of benzene rings is 1. The van der Waals surface area contributed by atoms with E-state index >= 15 is 0 Å². The van der Waals surface area contributed by atoms with Gasteiger partial charge in [-0.1, -0.05) is 29.8 Å². The van der Waals surface area contributed by atoms with Gasteiger partial charge in [-0.3, -0.25) is 9.78 Å². The number of fused-ring (bicyclic) bond motifs is 1. The average Bonchev–Trinajstić information content (AvgIpc) is 2.82. The molecule has 1 aromatic carbocycles. The minimum absolute atomic E-state index is 0.160. The van der Waals surface area contributed by atoms with Crippen LogP contribution in [0.2, 0.25) is 0 Å². The molecule has 0 saturated carbocycles. The summed E-state index contributed by atoms with van der Waals surface area (Å²) in [6, 6.07) is 8.09. The first kappa shape index (κ1) is 14.7. The summed E-state index contributed by atoms with van der Waals surface area (Å²) in [6.07, 6.45) is 0. The van der Waals surface area contributed by atoms with Crippen molar-refractivity contribution in [2.24, 2.45) is 0 Å². The van der Waals surface area contributed by atoms with E-state index in [1.54, 1.807) is 0 Å². The molecule has 2 aromatic heterocycles. The Morgan fingerprint density at radius 3 is 2.45 bits per heavy atom. The highest BCUT2D eigenvalue weighted by Gasteiger charge is 2.15. The molecule has 0 fully saturated rings. The maximum atomic E-state index is 12.2. The van der Waals surface area contributed by atoms with E-state index < -0.39 is 0 Å². The van der Waals surface area contributed by atoms with E-state index in [9.17, 15) is 4.79 Å². The Morgan fingerprint density at radius 2 is 1.82 bits per heavy atom. The Labute approximate surface area is 132 Å². The van der Waals surface area contributed by atoms with Gasteiger partial charge in [0, 0.05) is 11.1 Å². The molecule has 2 N–H and O–H groups in total. The van der Waals surface area contributed by atoms with Crippen molar-refractivity contribution in [3.63, 3.8) is 0 Å². The first-order valence-electron chi connectivity index (χ1n) is 7.08. The largest absolute Gasteiger partial charge is 0.351 e. The number of nitrogens with zero attached hydrogens (tertiary/aromatic N) is 2. The highest BCUT2D eigenvalue weighted by atomic mass is 32.1. The van der Waals surface area contributed by atoms with Gasteiger partial charge in [-0.2, -0.15) is 4.98 Å². The smallest absolute Gasteiger partial charge is 0.272 e. The van der Waals surface area contributed by atoms with Gasteiger partial charge in [0.25, 0.3) is 5.56 Å². The number of aryl methyl sites for hydroxylation is 1. The number of aromatic nitrogens is 3. The van der Waals surface area contributed by atoms with Crippen molar-refractivity contribution in [2.75, 3.05) is 5.32 Å². The predicted molar refractivity (Wildman–Crippen MR) is 91.6 cm³/mol. The second kappa shape index (κ2) is 5.21. The zero-order valence-corrected chi connectivity index (χ0v) is 13.8. The highest BCUT2D eigenvalue weighted by Crippen LogP contribution is 2.28. The van der Waals surface area contributed by atoms with Crippen molar-refractivity contribution in [2.45, 2.75) is 33.2 Å². The zero-order valence-electron chi connectivity index (χ0n) is 13.0. The van der Waals surface area contributed by atoms with Gasteiger partial charge >= 0.3 is 0 Å². The topological polar surface area (TPSA) is 70.7 Å². The molecule has 0 aliphatic rings. The van der Waals surface area contributed by atoms with Crippen molar-refractivity contribution >= 4 is 27.6 Å². The van der Waals surface area contributed by atoms with Gasteiger partial charge < -0.3 is 5.32 Å². The second-order valence-corrected chi connectivity index (χ2v) is 7.33. The Balaban J connectivity index is 2.08. The SMILES string of the molecule is Cc1ccc(-c2nc3nc(NC(C)(C)C)[nH]c(=O)c3s2)cc1. The Morgan fingerprint density at radius 1 is 1.14 bits per heavy atom. The number of H-pyrrole nitrogens is 1. The molecule has 114 valence electrons. The van der Waals surface area contributed by atoms with E-state index in [-0.39, 0.29) is 11.1 Å². The fourth-order valence-corrected chi connectivity index (χ4v) is 2.97. The third-order valence-corrected chi connectivity index (χ3v) is 4.15. The molecule has 0 aliphatic heterocycles. The molecular formula is C16H18N4OS. The van der Waals surface area contributed by atoms with E-state index in [1.807, 2.05) is 52.0 Å². The standard InChI is InChI=1S/C16H18N4OS/c1-9-5-7-10(8-6-9)14-17-12-11(22-14)13(21)19-15(18-12)20-16(2,3)4/h5-8H,1-4H3,(H2,18,19,20,21). The summed E-state index contributed by atoms with van der Waals surface area (Å²) in [5.41, 5.74) is 2.33. The average molecular weight is 314 g/mol. The molecule has 0 radical (unpaired) electrons. The van der Waals surface area contributed by atoms with Crippen LogP contribution in [-0.2, 0) is 0 Å². The van der Waals surface area contributed by atoms with E-state index in [0.29, 0.717) is 16.3 Å². The number of rotatable bonds is 2. The van der Waals surface area contributed by atoms with E-state index in [0.717, 1.165) is 10.6 Å². The third kappa shape index (κ3) is 3.01. The summed E-state index contributed by atoms with van der Waals surface area (Å²) in [7, 11) is 0. The van der Waals surface area contributed by atoms with E-state index in [1.165, 1.54) is 16.9 Å². The molecule has 6 heteroatoms. The van der Waals surface area contributed by atoms with E-state index in [2.05, 4.69) is 20.3 Å². The van der Waals surface area contributed by atoms with Gasteiger partial charge in [0.2, 0.25) is 5.95 Å². The molecule has 0 atom stereocenters.